The Morgan fingerprint density at radius 2 is 1.84 bits per heavy atom. The van der Waals surface area contributed by atoms with Gasteiger partial charge in [-0.3, -0.25) is 4.79 Å². The average molecular weight is 249 g/mol. The van der Waals surface area contributed by atoms with Gasteiger partial charge in [-0.1, -0.05) is 36.9 Å². The molecule has 1 N–H and O–H groups in total. The van der Waals surface area contributed by atoms with Crippen molar-refractivity contribution < 1.29 is 4.79 Å². The monoisotopic (exact) mass is 249 g/mol. The van der Waals surface area contributed by atoms with Crippen LogP contribution in [0, 0.1) is 0 Å². The number of amides is 1. The van der Waals surface area contributed by atoms with E-state index in [1.54, 1.807) is 6.92 Å². The third-order valence-electron chi connectivity index (χ3n) is 3.44. The van der Waals surface area contributed by atoms with E-state index >= 15 is 0 Å². The van der Waals surface area contributed by atoms with Crippen molar-refractivity contribution in [3.05, 3.63) is 65.7 Å². The Bertz CT molecular complexity index is 685. The summed E-state index contributed by atoms with van der Waals surface area (Å²) < 4.78 is 0. The molecule has 0 aromatic heterocycles. The van der Waals surface area contributed by atoms with Gasteiger partial charge >= 0.3 is 0 Å². The van der Waals surface area contributed by atoms with Crippen LogP contribution >= 0.6 is 0 Å². The molecule has 0 saturated carbocycles. The zero-order chi connectivity index (χ0) is 13.4. The number of benzene rings is 2. The summed E-state index contributed by atoms with van der Waals surface area (Å²) >= 11 is 0. The van der Waals surface area contributed by atoms with Gasteiger partial charge in [0.1, 0.15) is 0 Å². The van der Waals surface area contributed by atoms with E-state index in [0.717, 1.165) is 12.1 Å². The second kappa shape index (κ2) is 4.39. The maximum Gasteiger partial charge on any atom is 0.250 e. The Morgan fingerprint density at radius 3 is 2.63 bits per heavy atom. The van der Waals surface area contributed by atoms with E-state index in [1.165, 1.54) is 22.3 Å². The molecule has 0 unspecified atom stereocenters. The van der Waals surface area contributed by atoms with Crippen LogP contribution in [-0.4, -0.2) is 5.91 Å². The Hall–Kier alpha value is -2.35. The average Bonchev–Trinajstić information content (AvgIpc) is 2.76. The van der Waals surface area contributed by atoms with Crippen molar-refractivity contribution in [3.63, 3.8) is 0 Å². The number of hydrogen-bond acceptors (Lipinski definition) is 1. The first-order valence-electron chi connectivity index (χ1n) is 6.33. The zero-order valence-electron chi connectivity index (χ0n) is 10.9. The Balaban J connectivity index is 1.93. The molecule has 0 aliphatic heterocycles. The van der Waals surface area contributed by atoms with Crippen LogP contribution in [0.2, 0.25) is 0 Å². The molecule has 0 saturated heterocycles. The molecule has 0 heterocycles. The molecule has 2 nitrogen and oxygen atoms in total. The molecule has 2 heteroatoms. The number of anilines is 1. The van der Waals surface area contributed by atoms with Gasteiger partial charge in [-0.05, 0) is 47.7 Å². The van der Waals surface area contributed by atoms with Crippen molar-refractivity contribution in [2.24, 2.45) is 0 Å². The summed E-state index contributed by atoms with van der Waals surface area (Å²) in [5, 5.41) is 2.86. The maximum absolute atomic E-state index is 11.6. The highest BCUT2D eigenvalue weighted by Crippen LogP contribution is 2.37. The lowest BCUT2D eigenvalue weighted by atomic mass is 10.1. The van der Waals surface area contributed by atoms with E-state index < -0.39 is 0 Å². The van der Waals surface area contributed by atoms with Gasteiger partial charge in [-0.25, -0.2) is 0 Å². The summed E-state index contributed by atoms with van der Waals surface area (Å²) in [6, 6.07) is 14.5. The van der Waals surface area contributed by atoms with E-state index in [9.17, 15) is 4.79 Å². The minimum Gasteiger partial charge on any atom is -0.322 e. The maximum atomic E-state index is 11.6. The van der Waals surface area contributed by atoms with Crippen molar-refractivity contribution in [2.45, 2.75) is 13.3 Å². The van der Waals surface area contributed by atoms with Gasteiger partial charge in [0.25, 0.3) is 5.91 Å². The summed E-state index contributed by atoms with van der Waals surface area (Å²) in [5.41, 5.74) is 6.53. The van der Waals surface area contributed by atoms with Crippen LogP contribution in [0.4, 0.5) is 5.69 Å². The normalized spacial score (nSPS) is 11.6. The van der Waals surface area contributed by atoms with Gasteiger partial charge in [0.05, 0.1) is 0 Å². The van der Waals surface area contributed by atoms with Gasteiger partial charge in [0.15, 0.2) is 0 Å². The predicted octanol–water partition coefficient (Wildman–Crippen LogP) is 3.77. The van der Waals surface area contributed by atoms with Crippen molar-refractivity contribution >= 4 is 11.6 Å². The number of fused-ring (bicyclic) bond motifs is 3. The smallest absolute Gasteiger partial charge is 0.250 e. The van der Waals surface area contributed by atoms with Crippen LogP contribution in [-0.2, 0) is 11.2 Å². The van der Waals surface area contributed by atoms with Gasteiger partial charge in [0.2, 0.25) is 0 Å². The summed E-state index contributed by atoms with van der Waals surface area (Å²) in [6.07, 6.45) is 0.933. The topological polar surface area (TPSA) is 29.1 Å². The fourth-order valence-corrected chi connectivity index (χ4v) is 2.46. The van der Waals surface area contributed by atoms with Gasteiger partial charge < -0.3 is 5.32 Å². The third kappa shape index (κ3) is 2.06. The molecule has 94 valence electrons. The highest BCUT2D eigenvalue weighted by Gasteiger charge is 2.18. The Morgan fingerprint density at radius 1 is 1.11 bits per heavy atom. The highest BCUT2D eigenvalue weighted by molar-refractivity contribution is 6.03. The second-order valence-electron chi connectivity index (χ2n) is 4.94. The fourth-order valence-electron chi connectivity index (χ4n) is 2.46. The van der Waals surface area contributed by atoms with Crippen LogP contribution in [0.3, 0.4) is 0 Å². The van der Waals surface area contributed by atoms with Crippen molar-refractivity contribution in [2.75, 3.05) is 5.32 Å². The molecular weight excluding hydrogens is 234 g/mol. The Kier molecular flexibility index (Phi) is 2.71. The molecule has 1 amide bonds. The highest BCUT2D eigenvalue weighted by atomic mass is 16.1. The van der Waals surface area contributed by atoms with Crippen LogP contribution in [0.1, 0.15) is 18.1 Å². The third-order valence-corrected chi connectivity index (χ3v) is 3.44. The first-order chi connectivity index (χ1) is 9.15. The standard InChI is InChI=1S/C17H15NO/c1-11(2)17(19)18-14-7-8-16-13(10-14)9-12-5-3-4-6-15(12)16/h3-8,10H,1,9H2,2H3,(H,18,19). The number of rotatable bonds is 2. The van der Waals surface area contributed by atoms with Crippen molar-refractivity contribution in [1.29, 1.82) is 0 Å². The molecule has 0 radical (unpaired) electrons. The lowest BCUT2D eigenvalue weighted by molar-refractivity contribution is -0.112. The van der Waals surface area contributed by atoms with E-state index in [-0.39, 0.29) is 5.91 Å². The molecule has 2 aromatic rings. The molecule has 2 aromatic carbocycles. The van der Waals surface area contributed by atoms with E-state index in [2.05, 4.69) is 48.3 Å². The SMILES string of the molecule is C=C(C)C(=O)Nc1ccc2c(c1)Cc1ccccc1-2. The van der Waals surface area contributed by atoms with Crippen LogP contribution in [0.15, 0.2) is 54.6 Å². The number of hydrogen-bond donors (Lipinski definition) is 1. The fraction of sp³-hybridized carbons (Fsp3) is 0.118. The molecule has 0 fully saturated rings. The molecule has 3 rings (SSSR count). The van der Waals surface area contributed by atoms with Crippen molar-refractivity contribution in [3.8, 4) is 11.1 Å². The predicted molar refractivity (Wildman–Crippen MR) is 78.1 cm³/mol. The minimum absolute atomic E-state index is 0.129. The summed E-state index contributed by atoms with van der Waals surface area (Å²) in [6.45, 7) is 5.35. The molecule has 1 aliphatic rings. The summed E-state index contributed by atoms with van der Waals surface area (Å²) in [4.78, 5) is 11.6. The largest absolute Gasteiger partial charge is 0.322 e. The number of nitrogens with one attached hydrogen (secondary N) is 1. The molecule has 0 spiro atoms. The molecule has 19 heavy (non-hydrogen) atoms. The first-order valence-corrected chi connectivity index (χ1v) is 6.33. The van der Waals surface area contributed by atoms with Gasteiger partial charge in [-0.2, -0.15) is 0 Å². The van der Waals surface area contributed by atoms with Crippen LogP contribution in [0.5, 0.6) is 0 Å². The minimum atomic E-state index is -0.129. The second-order valence-corrected chi connectivity index (χ2v) is 4.94. The summed E-state index contributed by atoms with van der Waals surface area (Å²) in [7, 11) is 0. The zero-order valence-corrected chi connectivity index (χ0v) is 10.9. The van der Waals surface area contributed by atoms with Crippen molar-refractivity contribution in [1.82, 2.24) is 0 Å². The van der Waals surface area contributed by atoms with Gasteiger partial charge in [-0.15, -0.1) is 0 Å². The number of carbonyl (C=O) groups excluding carboxylic acids is 1. The molecule has 1 aliphatic carbocycles. The Labute approximate surface area is 112 Å². The van der Waals surface area contributed by atoms with E-state index in [1.807, 2.05) is 6.07 Å². The van der Waals surface area contributed by atoms with E-state index in [4.69, 9.17) is 0 Å². The molecular formula is C17H15NO. The van der Waals surface area contributed by atoms with Crippen LogP contribution in [0.25, 0.3) is 11.1 Å². The van der Waals surface area contributed by atoms with E-state index in [0.29, 0.717) is 5.57 Å². The van der Waals surface area contributed by atoms with Crippen LogP contribution < -0.4 is 5.32 Å². The van der Waals surface area contributed by atoms with Gasteiger partial charge in [0, 0.05) is 11.3 Å². The summed E-state index contributed by atoms with van der Waals surface area (Å²) in [5.74, 6) is -0.129. The molecule has 0 atom stereocenters. The molecule has 0 bridgehead atoms. The number of carbonyl (C=O) groups is 1. The first kappa shape index (κ1) is 11.7. The lowest BCUT2D eigenvalue weighted by Crippen LogP contribution is -2.11. The lowest BCUT2D eigenvalue weighted by Gasteiger charge is -2.07. The quantitative estimate of drug-likeness (QED) is 0.688.